The molecule has 1 aromatic heterocycles. The maximum atomic E-state index is 12.1. The van der Waals surface area contributed by atoms with E-state index in [0.717, 1.165) is 11.7 Å². The number of amides is 1. The molecule has 1 heterocycles. The van der Waals surface area contributed by atoms with E-state index in [4.69, 9.17) is 39.5 Å². The van der Waals surface area contributed by atoms with E-state index in [-0.39, 0.29) is 6.61 Å². The molecule has 1 N–H and O–H groups in total. The number of nitrogens with zero attached hydrogens (tertiary/aromatic N) is 2. The number of ether oxygens (including phenoxy) is 1. The molecule has 0 aliphatic carbocycles. The molecule has 23 heavy (non-hydrogen) atoms. The number of rotatable bonds is 4. The van der Waals surface area contributed by atoms with Crippen molar-refractivity contribution in [3.63, 3.8) is 0 Å². The summed E-state index contributed by atoms with van der Waals surface area (Å²) in [6, 6.07) is 8.14. The van der Waals surface area contributed by atoms with Crippen molar-refractivity contribution in [1.29, 1.82) is 0 Å². The van der Waals surface area contributed by atoms with Crippen LogP contribution in [0.5, 0.6) is 5.75 Å². The van der Waals surface area contributed by atoms with Crippen molar-refractivity contribution in [2.75, 3.05) is 11.9 Å². The number of nitrogens with one attached hydrogen (secondary N) is 1. The first-order chi connectivity index (χ1) is 11.0. The van der Waals surface area contributed by atoms with Gasteiger partial charge < -0.3 is 10.1 Å². The van der Waals surface area contributed by atoms with Crippen molar-refractivity contribution in [2.45, 2.75) is 0 Å². The second-order valence-corrected chi connectivity index (χ2v) is 6.25. The van der Waals surface area contributed by atoms with Gasteiger partial charge in [0.15, 0.2) is 6.61 Å². The molecule has 1 amide bonds. The summed E-state index contributed by atoms with van der Waals surface area (Å²) < 4.78 is 13.6. The highest BCUT2D eigenvalue weighted by molar-refractivity contribution is 7.00. The van der Waals surface area contributed by atoms with E-state index in [1.807, 2.05) is 0 Å². The molecule has 0 radical (unpaired) electrons. The molecule has 3 rings (SSSR count). The summed E-state index contributed by atoms with van der Waals surface area (Å²) in [6.07, 6.45) is 0. The molecule has 2 aromatic carbocycles. The highest BCUT2D eigenvalue weighted by Crippen LogP contribution is 2.30. The second kappa shape index (κ2) is 6.88. The van der Waals surface area contributed by atoms with Gasteiger partial charge in [0.1, 0.15) is 16.8 Å². The maximum Gasteiger partial charge on any atom is 0.262 e. The van der Waals surface area contributed by atoms with Gasteiger partial charge in [-0.25, -0.2) is 0 Å². The topological polar surface area (TPSA) is 64.1 Å². The van der Waals surface area contributed by atoms with Crippen molar-refractivity contribution in [1.82, 2.24) is 8.75 Å². The summed E-state index contributed by atoms with van der Waals surface area (Å²) in [5.41, 5.74) is 1.62. The molecular formula is C14H8Cl3N3O2S. The number of hydrogen-bond donors (Lipinski definition) is 1. The lowest BCUT2D eigenvalue weighted by atomic mass is 10.2. The molecule has 0 fully saturated rings. The molecule has 0 bridgehead atoms. The molecule has 118 valence electrons. The van der Waals surface area contributed by atoms with E-state index in [0.29, 0.717) is 37.5 Å². The normalized spacial score (nSPS) is 10.7. The second-order valence-electron chi connectivity index (χ2n) is 4.47. The van der Waals surface area contributed by atoms with Gasteiger partial charge in [-0.1, -0.05) is 34.8 Å². The van der Waals surface area contributed by atoms with Crippen molar-refractivity contribution in [3.8, 4) is 5.75 Å². The van der Waals surface area contributed by atoms with Crippen molar-refractivity contribution >= 4 is 69.2 Å². The minimum absolute atomic E-state index is 0.231. The predicted molar refractivity (Wildman–Crippen MR) is 93.0 cm³/mol. The van der Waals surface area contributed by atoms with Gasteiger partial charge in [-0.05, 0) is 30.3 Å². The summed E-state index contributed by atoms with van der Waals surface area (Å²) in [4.78, 5) is 12.1. The van der Waals surface area contributed by atoms with Gasteiger partial charge in [0.2, 0.25) is 0 Å². The van der Waals surface area contributed by atoms with Crippen LogP contribution in [0.3, 0.4) is 0 Å². The van der Waals surface area contributed by atoms with Gasteiger partial charge in [0.05, 0.1) is 27.5 Å². The van der Waals surface area contributed by atoms with Crippen molar-refractivity contribution in [2.24, 2.45) is 0 Å². The van der Waals surface area contributed by atoms with E-state index in [1.54, 1.807) is 24.3 Å². The lowest BCUT2D eigenvalue weighted by Gasteiger charge is -2.10. The Balaban J connectivity index is 1.71. The number of aromatic nitrogens is 2. The molecule has 0 aliphatic heterocycles. The van der Waals surface area contributed by atoms with E-state index >= 15 is 0 Å². The summed E-state index contributed by atoms with van der Waals surface area (Å²) in [6.45, 7) is -0.231. The van der Waals surface area contributed by atoms with Gasteiger partial charge in [0.25, 0.3) is 5.91 Å². The average molecular weight is 389 g/mol. The zero-order valence-corrected chi connectivity index (χ0v) is 14.4. The van der Waals surface area contributed by atoms with Gasteiger partial charge in [0, 0.05) is 5.02 Å². The van der Waals surface area contributed by atoms with Crippen LogP contribution in [0.1, 0.15) is 0 Å². The van der Waals surface area contributed by atoms with Crippen molar-refractivity contribution < 1.29 is 9.53 Å². The number of carbonyl (C=O) groups excluding carboxylic acids is 1. The Morgan fingerprint density at radius 2 is 1.96 bits per heavy atom. The van der Waals surface area contributed by atoms with Crippen LogP contribution in [0, 0.1) is 0 Å². The largest absolute Gasteiger partial charge is 0.482 e. The number of hydrogen-bond acceptors (Lipinski definition) is 5. The molecule has 0 aliphatic rings. The van der Waals surface area contributed by atoms with Gasteiger partial charge >= 0.3 is 0 Å². The third kappa shape index (κ3) is 3.67. The summed E-state index contributed by atoms with van der Waals surface area (Å²) in [5.74, 6) is -0.0238. The molecule has 0 spiro atoms. The van der Waals surface area contributed by atoms with Crippen LogP contribution >= 0.6 is 46.5 Å². The van der Waals surface area contributed by atoms with E-state index in [9.17, 15) is 4.79 Å². The zero-order valence-electron chi connectivity index (χ0n) is 11.3. The minimum Gasteiger partial charge on any atom is -0.482 e. The van der Waals surface area contributed by atoms with E-state index in [1.165, 1.54) is 6.07 Å². The Kier molecular flexibility index (Phi) is 4.87. The Bertz CT molecular complexity index is 885. The first-order valence-electron chi connectivity index (χ1n) is 6.33. The standard InChI is InChI=1S/C14H8Cl3N3O2S/c15-7-1-4-11(9(17)5-7)22-6-12(21)18-13-8(16)2-3-10-14(13)20-23-19-10/h1-5H,6H2,(H,18,21). The van der Waals surface area contributed by atoms with Crippen LogP contribution in [0.2, 0.25) is 15.1 Å². The van der Waals surface area contributed by atoms with Crippen LogP contribution in [-0.4, -0.2) is 21.3 Å². The SMILES string of the molecule is O=C(COc1ccc(Cl)cc1Cl)Nc1c(Cl)ccc2nsnc12. The van der Waals surface area contributed by atoms with Gasteiger partial charge in [-0.15, -0.1) is 0 Å². The molecule has 0 unspecified atom stereocenters. The van der Waals surface area contributed by atoms with E-state index in [2.05, 4.69) is 14.1 Å². The first kappa shape index (κ1) is 16.3. The lowest BCUT2D eigenvalue weighted by Crippen LogP contribution is -2.20. The van der Waals surface area contributed by atoms with E-state index < -0.39 is 5.91 Å². The Hall–Kier alpha value is -1.60. The quantitative estimate of drug-likeness (QED) is 0.705. The fourth-order valence-corrected chi connectivity index (χ4v) is 3.06. The summed E-state index contributed by atoms with van der Waals surface area (Å²) in [5, 5.41) is 3.87. The number of benzene rings is 2. The number of carbonyl (C=O) groups is 1. The van der Waals surface area contributed by atoms with Crippen molar-refractivity contribution in [3.05, 3.63) is 45.4 Å². The highest BCUT2D eigenvalue weighted by Gasteiger charge is 2.14. The van der Waals surface area contributed by atoms with Gasteiger partial charge in [-0.2, -0.15) is 8.75 Å². The fraction of sp³-hybridized carbons (Fsp3) is 0.0714. The Morgan fingerprint density at radius 3 is 2.74 bits per heavy atom. The number of halogens is 3. The van der Waals surface area contributed by atoms with Crippen LogP contribution in [0.4, 0.5) is 5.69 Å². The van der Waals surface area contributed by atoms with Gasteiger partial charge in [-0.3, -0.25) is 4.79 Å². The molecule has 0 atom stereocenters. The number of anilines is 1. The highest BCUT2D eigenvalue weighted by atomic mass is 35.5. The fourth-order valence-electron chi connectivity index (χ4n) is 1.86. The monoisotopic (exact) mass is 387 g/mol. The Morgan fingerprint density at radius 1 is 1.13 bits per heavy atom. The molecule has 5 nitrogen and oxygen atoms in total. The molecular weight excluding hydrogens is 381 g/mol. The summed E-state index contributed by atoms with van der Waals surface area (Å²) >= 11 is 18.9. The van der Waals surface area contributed by atoms with Crippen LogP contribution in [0.25, 0.3) is 11.0 Å². The zero-order chi connectivity index (χ0) is 16.4. The minimum atomic E-state index is -0.390. The molecule has 3 aromatic rings. The maximum absolute atomic E-state index is 12.1. The predicted octanol–water partition coefficient (Wildman–Crippen LogP) is 4.67. The summed E-state index contributed by atoms with van der Waals surface area (Å²) in [7, 11) is 0. The third-order valence-corrected chi connectivity index (χ3v) is 4.28. The van der Waals surface area contributed by atoms with Crippen LogP contribution < -0.4 is 10.1 Å². The smallest absolute Gasteiger partial charge is 0.262 e. The van der Waals surface area contributed by atoms with Crippen LogP contribution in [-0.2, 0) is 4.79 Å². The molecule has 9 heteroatoms. The third-order valence-electron chi connectivity index (χ3n) is 2.89. The number of fused-ring (bicyclic) bond motifs is 1. The average Bonchev–Trinajstić information content (AvgIpc) is 2.98. The molecule has 0 saturated heterocycles. The lowest BCUT2D eigenvalue weighted by molar-refractivity contribution is -0.118. The Labute approximate surface area is 150 Å². The van der Waals surface area contributed by atoms with Crippen LogP contribution in [0.15, 0.2) is 30.3 Å². The first-order valence-corrected chi connectivity index (χ1v) is 8.19. The molecule has 0 saturated carbocycles.